The van der Waals surface area contributed by atoms with Gasteiger partial charge in [-0.05, 0) is 48.7 Å². The topological polar surface area (TPSA) is 57.6 Å². The second-order valence-corrected chi connectivity index (χ2v) is 8.52. The first-order valence-electron chi connectivity index (χ1n) is 9.56. The van der Waals surface area contributed by atoms with E-state index in [1.54, 1.807) is 29.2 Å². The molecule has 1 atom stereocenters. The van der Waals surface area contributed by atoms with Gasteiger partial charge in [0.2, 0.25) is 5.91 Å². The summed E-state index contributed by atoms with van der Waals surface area (Å²) in [6.45, 7) is 2.37. The number of fused-ring (bicyclic) bond motifs is 1. The van der Waals surface area contributed by atoms with Crippen LogP contribution in [0, 0.1) is 12.7 Å². The Bertz CT molecular complexity index is 1100. The van der Waals surface area contributed by atoms with Crippen molar-refractivity contribution < 1.29 is 19.1 Å². The van der Waals surface area contributed by atoms with E-state index in [4.69, 9.17) is 5.11 Å². The Morgan fingerprint density at radius 3 is 2.37 bits per heavy atom. The molecule has 0 spiro atoms. The maximum atomic E-state index is 14.6. The molecule has 1 heterocycles. The Morgan fingerprint density at radius 2 is 1.70 bits per heavy atom. The lowest BCUT2D eigenvalue weighted by Crippen LogP contribution is -2.41. The average molecular weight is 421 g/mol. The predicted octanol–water partition coefficient (Wildman–Crippen LogP) is 5.08. The number of carboxylic acid groups (broad SMARTS) is 1. The molecule has 1 amide bonds. The van der Waals surface area contributed by atoms with Crippen LogP contribution >= 0.6 is 11.8 Å². The van der Waals surface area contributed by atoms with Crippen molar-refractivity contribution in [2.45, 2.75) is 30.0 Å². The Balaban J connectivity index is 1.64. The van der Waals surface area contributed by atoms with Crippen LogP contribution in [0.4, 0.5) is 10.1 Å². The highest BCUT2D eigenvalue weighted by atomic mass is 32.2. The fourth-order valence-electron chi connectivity index (χ4n) is 3.48. The molecule has 1 aliphatic heterocycles. The zero-order valence-electron chi connectivity index (χ0n) is 16.3. The van der Waals surface area contributed by atoms with Gasteiger partial charge in [0.15, 0.2) is 0 Å². The largest absolute Gasteiger partial charge is 0.478 e. The molecule has 3 aromatic rings. The first-order chi connectivity index (χ1) is 14.4. The van der Waals surface area contributed by atoms with E-state index in [0.717, 1.165) is 16.7 Å². The minimum absolute atomic E-state index is 0.0824. The molecule has 6 heteroatoms. The number of hydrogen-bond acceptors (Lipinski definition) is 3. The summed E-state index contributed by atoms with van der Waals surface area (Å²) in [5, 5.41) is 8.57. The van der Waals surface area contributed by atoms with Gasteiger partial charge < -0.3 is 10.0 Å². The summed E-state index contributed by atoms with van der Waals surface area (Å²) in [5.74, 6) is -1.42. The molecule has 0 saturated carbocycles. The number of carboxylic acids is 1. The lowest BCUT2D eigenvalue weighted by atomic mass is 10.1. The first kappa shape index (κ1) is 20.2. The van der Waals surface area contributed by atoms with Crippen LogP contribution in [-0.4, -0.2) is 22.2 Å². The molecule has 1 aliphatic rings. The van der Waals surface area contributed by atoms with Crippen LogP contribution in [0.3, 0.4) is 0 Å². The SMILES string of the molecule is Cc1ccc(CN2C(=O)C(Cc3ccc(C(=O)O)cc3)Sc3c(F)cccc32)cc1. The summed E-state index contributed by atoms with van der Waals surface area (Å²) >= 11 is 1.23. The first-order valence-corrected chi connectivity index (χ1v) is 10.4. The third-order valence-corrected chi connectivity index (χ3v) is 6.41. The Hall–Kier alpha value is -3.12. The summed E-state index contributed by atoms with van der Waals surface area (Å²) in [5.41, 5.74) is 3.72. The number of amides is 1. The zero-order chi connectivity index (χ0) is 21.3. The lowest BCUT2D eigenvalue weighted by Gasteiger charge is -2.34. The van der Waals surface area contributed by atoms with E-state index in [0.29, 0.717) is 23.5 Å². The number of anilines is 1. The van der Waals surface area contributed by atoms with E-state index in [2.05, 4.69) is 0 Å². The molecule has 4 nitrogen and oxygen atoms in total. The van der Waals surface area contributed by atoms with Crippen molar-refractivity contribution in [3.05, 3.63) is 94.8 Å². The van der Waals surface area contributed by atoms with Gasteiger partial charge in [-0.2, -0.15) is 0 Å². The number of carbonyl (C=O) groups is 2. The molecule has 3 aromatic carbocycles. The number of aryl methyl sites for hydroxylation is 1. The van der Waals surface area contributed by atoms with Crippen molar-refractivity contribution in [3.63, 3.8) is 0 Å². The van der Waals surface area contributed by atoms with Gasteiger partial charge in [-0.15, -0.1) is 11.8 Å². The molecule has 152 valence electrons. The quantitative estimate of drug-likeness (QED) is 0.624. The summed E-state index contributed by atoms with van der Waals surface area (Å²) < 4.78 is 14.6. The highest BCUT2D eigenvalue weighted by Gasteiger charge is 2.35. The molecule has 0 aromatic heterocycles. The van der Waals surface area contributed by atoms with E-state index >= 15 is 0 Å². The minimum atomic E-state index is -0.995. The van der Waals surface area contributed by atoms with Gasteiger partial charge in [0.05, 0.1) is 27.9 Å². The molecule has 1 unspecified atom stereocenters. The van der Waals surface area contributed by atoms with E-state index in [-0.39, 0.29) is 17.3 Å². The summed E-state index contributed by atoms with van der Waals surface area (Å²) in [6.07, 6.45) is 0.390. The summed E-state index contributed by atoms with van der Waals surface area (Å²) in [6, 6.07) is 19.2. The van der Waals surface area contributed by atoms with E-state index in [9.17, 15) is 14.0 Å². The van der Waals surface area contributed by atoms with Crippen molar-refractivity contribution >= 4 is 29.3 Å². The Kier molecular flexibility index (Phi) is 5.59. The molecule has 0 radical (unpaired) electrons. The maximum Gasteiger partial charge on any atom is 0.335 e. The molecular formula is C24H20FNO3S. The average Bonchev–Trinajstić information content (AvgIpc) is 2.73. The van der Waals surface area contributed by atoms with Crippen LogP contribution in [0.15, 0.2) is 71.6 Å². The lowest BCUT2D eigenvalue weighted by molar-refractivity contribution is -0.118. The number of carbonyl (C=O) groups excluding carboxylic acids is 1. The van der Waals surface area contributed by atoms with Crippen molar-refractivity contribution in [2.75, 3.05) is 4.90 Å². The van der Waals surface area contributed by atoms with Gasteiger partial charge in [-0.25, -0.2) is 9.18 Å². The molecular weight excluding hydrogens is 401 g/mol. The fourth-order valence-corrected chi connectivity index (χ4v) is 4.75. The van der Waals surface area contributed by atoms with Crippen LogP contribution in [0.25, 0.3) is 0 Å². The van der Waals surface area contributed by atoms with Gasteiger partial charge in [0, 0.05) is 0 Å². The zero-order valence-corrected chi connectivity index (χ0v) is 17.2. The van der Waals surface area contributed by atoms with E-state index in [1.807, 2.05) is 31.2 Å². The highest BCUT2D eigenvalue weighted by molar-refractivity contribution is 8.01. The van der Waals surface area contributed by atoms with Gasteiger partial charge in [0.25, 0.3) is 0 Å². The number of rotatable bonds is 5. The van der Waals surface area contributed by atoms with Crippen molar-refractivity contribution in [1.29, 1.82) is 0 Å². The van der Waals surface area contributed by atoms with Crippen LogP contribution in [0.2, 0.25) is 0 Å². The number of thioether (sulfide) groups is 1. The monoisotopic (exact) mass is 421 g/mol. The third kappa shape index (κ3) is 4.09. The molecule has 4 rings (SSSR count). The summed E-state index contributed by atoms with van der Waals surface area (Å²) in [7, 11) is 0. The number of halogens is 1. The van der Waals surface area contributed by atoms with Gasteiger partial charge in [-0.3, -0.25) is 4.79 Å². The molecule has 0 bridgehead atoms. The highest BCUT2D eigenvalue weighted by Crippen LogP contribution is 2.42. The normalized spacial score (nSPS) is 15.7. The number of aromatic carboxylic acids is 1. The van der Waals surface area contributed by atoms with Gasteiger partial charge in [0.1, 0.15) is 5.82 Å². The number of benzene rings is 3. The van der Waals surface area contributed by atoms with Crippen LogP contribution in [0.1, 0.15) is 27.0 Å². The molecule has 0 aliphatic carbocycles. The molecule has 0 fully saturated rings. The van der Waals surface area contributed by atoms with Crippen molar-refractivity contribution in [1.82, 2.24) is 0 Å². The van der Waals surface area contributed by atoms with Crippen LogP contribution in [0.5, 0.6) is 0 Å². The van der Waals surface area contributed by atoms with E-state index in [1.165, 1.54) is 30.0 Å². The fraction of sp³-hybridized carbons (Fsp3) is 0.167. The van der Waals surface area contributed by atoms with E-state index < -0.39 is 11.2 Å². The second kappa shape index (κ2) is 8.32. The second-order valence-electron chi connectivity index (χ2n) is 7.31. The number of nitrogens with zero attached hydrogens (tertiary/aromatic N) is 1. The molecule has 0 saturated heterocycles. The third-order valence-electron chi connectivity index (χ3n) is 5.12. The standard InChI is InChI=1S/C24H20FNO3S/c1-15-5-7-17(8-6-15)14-26-20-4-2-3-19(25)22(20)30-21(23(26)27)13-16-9-11-18(12-10-16)24(28)29/h2-12,21H,13-14H2,1H3,(H,28,29). The Morgan fingerprint density at radius 1 is 1.03 bits per heavy atom. The molecule has 1 N–H and O–H groups in total. The van der Waals surface area contributed by atoms with Crippen molar-refractivity contribution in [2.24, 2.45) is 0 Å². The predicted molar refractivity (Wildman–Crippen MR) is 116 cm³/mol. The Labute approximate surface area is 178 Å². The van der Waals surface area contributed by atoms with Crippen molar-refractivity contribution in [3.8, 4) is 0 Å². The summed E-state index contributed by atoms with van der Waals surface area (Å²) in [4.78, 5) is 26.5. The molecule has 30 heavy (non-hydrogen) atoms. The smallest absolute Gasteiger partial charge is 0.335 e. The maximum absolute atomic E-state index is 14.6. The minimum Gasteiger partial charge on any atom is -0.478 e. The van der Waals surface area contributed by atoms with Crippen LogP contribution in [-0.2, 0) is 17.8 Å². The van der Waals surface area contributed by atoms with Gasteiger partial charge in [-0.1, -0.05) is 48.0 Å². The number of hydrogen-bond donors (Lipinski definition) is 1. The van der Waals surface area contributed by atoms with Gasteiger partial charge >= 0.3 is 5.97 Å². The van der Waals surface area contributed by atoms with Crippen LogP contribution < -0.4 is 4.90 Å².